The lowest BCUT2D eigenvalue weighted by Crippen LogP contribution is -2.35. The number of nitrogens with one attached hydrogen (secondary N) is 1. The van der Waals surface area contributed by atoms with Crippen molar-refractivity contribution in [2.24, 2.45) is 0 Å². The monoisotopic (exact) mass is 287 g/mol. The van der Waals surface area contributed by atoms with Gasteiger partial charge >= 0.3 is 0 Å². The molecule has 0 aliphatic carbocycles. The third kappa shape index (κ3) is 3.48. The topological polar surface area (TPSA) is 64.0 Å². The van der Waals surface area contributed by atoms with Crippen LogP contribution in [0.2, 0.25) is 0 Å². The molecule has 0 unspecified atom stereocenters. The van der Waals surface area contributed by atoms with Gasteiger partial charge in [0.25, 0.3) is 5.56 Å². The van der Waals surface area contributed by atoms with E-state index in [0.717, 1.165) is 24.6 Å². The van der Waals surface area contributed by atoms with Gasteiger partial charge in [0.1, 0.15) is 0 Å². The van der Waals surface area contributed by atoms with Crippen LogP contribution in [0.1, 0.15) is 45.1 Å². The summed E-state index contributed by atoms with van der Waals surface area (Å²) in [6.45, 7) is 4.01. The van der Waals surface area contributed by atoms with Crippen LogP contribution in [-0.2, 0) is 11.2 Å². The number of carbonyl (C=O) groups is 1. The fraction of sp³-hybridized carbons (Fsp3) is 0.438. The first-order valence-electron chi connectivity index (χ1n) is 7.46. The summed E-state index contributed by atoms with van der Waals surface area (Å²) < 4.78 is 1.28. The second-order valence-corrected chi connectivity index (χ2v) is 5.07. The minimum Gasteiger partial charge on any atom is -0.273 e. The standard InChI is InChI=1S/C16H21N3O2/c1-3-5-6-9-14(20)18-19-15-13(8-7-10-17-15)11-12(4-2)16(19)21/h7-8,10-11H,3-6,9H2,1-2H3,(H,18,20). The zero-order valence-electron chi connectivity index (χ0n) is 12.6. The van der Waals surface area contributed by atoms with Crippen molar-refractivity contribution in [1.82, 2.24) is 9.66 Å². The van der Waals surface area contributed by atoms with Crippen molar-refractivity contribution in [2.75, 3.05) is 5.43 Å². The van der Waals surface area contributed by atoms with Gasteiger partial charge in [-0.15, -0.1) is 0 Å². The fourth-order valence-corrected chi connectivity index (χ4v) is 2.27. The lowest BCUT2D eigenvalue weighted by Gasteiger charge is -2.12. The summed E-state index contributed by atoms with van der Waals surface area (Å²) in [6.07, 6.45) is 5.56. The summed E-state index contributed by atoms with van der Waals surface area (Å²) in [6, 6.07) is 5.55. The molecule has 112 valence electrons. The van der Waals surface area contributed by atoms with Crippen molar-refractivity contribution in [2.45, 2.75) is 46.0 Å². The molecule has 0 atom stereocenters. The van der Waals surface area contributed by atoms with Gasteiger partial charge in [0, 0.05) is 23.6 Å². The normalized spacial score (nSPS) is 10.8. The number of hydrogen-bond acceptors (Lipinski definition) is 3. The lowest BCUT2D eigenvalue weighted by atomic mass is 10.1. The number of nitrogens with zero attached hydrogens (tertiary/aromatic N) is 2. The Morgan fingerprint density at radius 1 is 1.33 bits per heavy atom. The van der Waals surface area contributed by atoms with Crippen molar-refractivity contribution < 1.29 is 4.79 Å². The van der Waals surface area contributed by atoms with Gasteiger partial charge in [0.2, 0.25) is 5.91 Å². The first-order valence-corrected chi connectivity index (χ1v) is 7.46. The Morgan fingerprint density at radius 3 is 2.86 bits per heavy atom. The third-order valence-electron chi connectivity index (χ3n) is 3.46. The van der Waals surface area contributed by atoms with Crippen LogP contribution in [0.15, 0.2) is 29.2 Å². The molecule has 0 radical (unpaired) electrons. The van der Waals surface area contributed by atoms with Gasteiger partial charge in [-0.05, 0) is 31.0 Å². The SMILES string of the molecule is CCCCCC(=O)Nn1c(=O)c(CC)cc2cccnc21. The molecule has 0 aliphatic rings. The summed E-state index contributed by atoms with van der Waals surface area (Å²) in [5, 5.41) is 0.850. The molecule has 0 saturated carbocycles. The Bertz CT molecular complexity index is 691. The number of unbranched alkanes of at least 4 members (excludes halogenated alkanes) is 2. The van der Waals surface area contributed by atoms with E-state index in [9.17, 15) is 9.59 Å². The summed E-state index contributed by atoms with van der Waals surface area (Å²) in [7, 11) is 0. The second kappa shape index (κ2) is 7.02. The molecule has 0 bridgehead atoms. The van der Waals surface area contributed by atoms with E-state index in [-0.39, 0.29) is 11.5 Å². The van der Waals surface area contributed by atoms with Crippen molar-refractivity contribution in [1.29, 1.82) is 0 Å². The largest absolute Gasteiger partial charge is 0.274 e. The lowest BCUT2D eigenvalue weighted by molar-refractivity contribution is -0.117. The second-order valence-electron chi connectivity index (χ2n) is 5.07. The maximum absolute atomic E-state index is 12.4. The zero-order valence-corrected chi connectivity index (χ0v) is 12.6. The predicted molar refractivity (Wildman–Crippen MR) is 83.9 cm³/mol. The highest BCUT2D eigenvalue weighted by atomic mass is 16.2. The van der Waals surface area contributed by atoms with Gasteiger partial charge in [-0.25, -0.2) is 4.98 Å². The van der Waals surface area contributed by atoms with Crippen molar-refractivity contribution in [3.63, 3.8) is 0 Å². The summed E-state index contributed by atoms with van der Waals surface area (Å²) in [4.78, 5) is 28.6. The Labute approximate surface area is 124 Å². The fourth-order valence-electron chi connectivity index (χ4n) is 2.27. The average molecular weight is 287 g/mol. The zero-order chi connectivity index (χ0) is 15.2. The number of carbonyl (C=O) groups excluding carboxylic acids is 1. The van der Waals surface area contributed by atoms with E-state index in [4.69, 9.17) is 0 Å². The molecule has 2 heterocycles. The minimum absolute atomic E-state index is 0.147. The van der Waals surface area contributed by atoms with Crippen LogP contribution in [0.5, 0.6) is 0 Å². The molecule has 21 heavy (non-hydrogen) atoms. The number of rotatable bonds is 6. The molecule has 1 N–H and O–H groups in total. The molecule has 2 rings (SSSR count). The van der Waals surface area contributed by atoms with E-state index in [1.165, 1.54) is 4.68 Å². The first-order chi connectivity index (χ1) is 10.2. The van der Waals surface area contributed by atoms with E-state index >= 15 is 0 Å². The van der Waals surface area contributed by atoms with Gasteiger partial charge < -0.3 is 0 Å². The molecule has 0 saturated heterocycles. The van der Waals surface area contributed by atoms with Gasteiger partial charge in [-0.3, -0.25) is 15.0 Å². The molecule has 1 amide bonds. The first kappa shape index (κ1) is 15.2. The van der Waals surface area contributed by atoms with E-state index < -0.39 is 0 Å². The number of aromatic nitrogens is 2. The van der Waals surface area contributed by atoms with Crippen LogP contribution in [0.25, 0.3) is 11.0 Å². The Morgan fingerprint density at radius 2 is 2.14 bits per heavy atom. The van der Waals surface area contributed by atoms with Crippen LogP contribution >= 0.6 is 0 Å². The maximum Gasteiger partial charge on any atom is 0.274 e. The minimum atomic E-state index is -0.201. The van der Waals surface area contributed by atoms with E-state index in [1.54, 1.807) is 6.20 Å². The average Bonchev–Trinajstić information content (AvgIpc) is 2.50. The molecular formula is C16H21N3O2. The van der Waals surface area contributed by atoms with Crippen LogP contribution < -0.4 is 11.0 Å². The van der Waals surface area contributed by atoms with Crippen molar-refractivity contribution in [3.05, 3.63) is 40.3 Å². The van der Waals surface area contributed by atoms with Gasteiger partial charge in [0.15, 0.2) is 5.65 Å². The number of pyridine rings is 2. The summed E-state index contributed by atoms with van der Waals surface area (Å²) >= 11 is 0. The third-order valence-corrected chi connectivity index (χ3v) is 3.46. The summed E-state index contributed by atoms with van der Waals surface area (Å²) in [5.41, 5.74) is 3.65. The van der Waals surface area contributed by atoms with Crippen molar-refractivity contribution in [3.8, 4) is 0 Å². The van der Waals surface area contributed by atoms with Gasteiger partial charge in [0.05, 0.1) is 0 Å². The molecule has 0 fully saturated rings. The van der Waals surface area contributed by atoms with Crippen LogP contribution in [-0.4, -0.2) is 15.6 Å². The molecule has 0 spiro atoms. The number of amides is 1. The van der Waals surface area contributed by atoms with Gasteiger partial charge in [-0.2, -0.15) is 4.68 Å². The number of aryl methyl sites for hydroxylation is 1. The smallest absolute Gasteiger partial charge is 0.273 e. The summed E-state index contributed by atoms with van der Waals surface area (Å²) in [5.74, 6) is -0.147. The maximum atomic E-state index is 12.4. The van der Waals surface area contributed by atoms with Crippen LogP contribution in [0.3, 0.4) is 0 Å². The molecule has 0 aliphatic heterocycles. The van der Waals surface area contributed by atoms with E-state index in [2.05, 4.69) is 17.3 Å². The molecular weight excluding hydrogens is 266 g/mol. The molecule has 0 aromatic carbocycles. The van der Waals surface area contributed by atoms with Crippen molar-refractivity contribution >= 4 is 16.9 Å². The Balaban J connectivity index is 2.35. The highest BCUT2D eigenvalue weighted by Crippen LogP contribution is 2.10. The predicted octanol–water partition coefficient (Wildman–Crippen LogP) is 2.61. The molecule has 5 heteroatoms. The Hall–Kier alpha value is -2.17. The number of fused-ring (bicyclic) bond motifs is 1. The molecule has 2 aromatic heterocycles. The highest BCUT2D eigenvalue weighted by Gasteiger charge is 2.11. The van der Waals surface area contributed by atoms with Crippen LogP contribution in [0.4, 0.5) is 0 Å². The molecule has 2 aromatic rings. The van der Waals surface area contributed by atoms with Gasteiger partial charge in [-0.1, -0.05) is 26.7 Å². The highest BCUT2D eigenvalue weighted by molar-refractivity contribution is 5.86. The number of hydrogen-bond donors (Lipinski definition) is 1. The van der Waals surface area contributed by atoms with E-state index in [1.807, 2.05) is 25.1 Å². The van der Waals surface area contributed by atoms with Crippen LogP contribution in [0, 0.1) is 0 Å². The Kier molecular flexibility index (Phi) is 5.09. The van der Waals surface area contributed by atoms with E-state index in [0.29, 0.717) is 24.1 Å². The molecule has 5 nitrogen and oxygen atoms in total. The quantitative estimate of drug-likeness (QED) is 0.831.